The Morgan fingerprint density at radius 3 is 2.74 bits per heavy atom. The summed E-state index contributed by atoms with van der Waals surface area (Å²) in [5, 5.41) is 2.79. The van der Waals surface area contributed by atoms with Gasteiger partial charge in [0.05, 0.1) is 0 Å². The summed E-state index contributed by atoms with van der Waals surface area (Å²) in [6.07, 6.45) is 1.28. The predicted octanol–water partition coefficient (Wildman–Crippen LogP) is 2.75. The van der Waals surface area contributed by atoms with E-state index in [1.165, 1.54) is 12.3 Å². The zero-order chi connectivity index (χ0) is 13.7. The standard InChI is InChI=1S/C15H15FN2O/c1-11(12-5-3-2-4-6-12)10-18-15(19)13-7-8-17-14(16)9-13/h2-9,11H,10H2,1H3,(H,18,19). The van der Waals surface area contributed by atoms with E-state index in [1.807, 2.05) is 37.3 Å². The third kappa shape index (κ3) is 3.61. The van der Waals surface area contributed by atoms with Crippen LogP contribution in [0, 0.1) is 5.95 Å². The number of aromatic nitrogens is 1. The number of hydrogen-bond donors (Lipinski definition) is 1. The number of benzene rings is 1. The molecular formula is C15H15FN2O. The first-order valence-corrected chi connectivity index (χ1v) is 6.11. The minimum absolute atomic E-state index is 0.205. The highest BCUT2D eigenvalue weighted by molar-refractivity contribution is 5.94. The maximum Gasteiger partial charge on any atom is 0.251 e. The van der Waals surface area contributed by atoms with E-state index in [2.05, 4.69) is 10.3 Å². The third-order valence-corrected chi connectivity index (χ3v) is 2.93. The summed E-state index contributed by atoms with van der Waals surface area (Å²) in [6.45, 7) is 2.54. The fourth-order valence-corrected chi connectivity index (χ4v) is 1.79. The molecule has 0 saturated heterocycles. The van der Waals surface area contributed by atoms with Crippen molar-refractivity contribution in [3.63, 3.8) is 0 Å². The molecular weight excluding hydrogens is 243 g/mol. The lowest BCUT2D eigenvalue weighted by molar-refractivity contribution is 0.0951. The number of carbonyl (C=O) groups excluding carboxylic acids is 1. The first kappa shape index (κ1) is 13.2. The van der Waals surface area contributed by atoms with Crippen LogP contribution in [0.25, 0.3) is 0 Å². The average molecular weight is 258 g/mol. The summed E-state index contributed by atoms with van der Waals surface area (Å²) < 4.78 is 12.9. The number of pyridine rings is 1. The summed E-state index contributed by atoms with van der Waals surface area (Å²) in [5.74, 6) is -0.732. The fourth-order valence-electron chi connectivity index (χ4n) is 1.79. The number of halogens is 1. The minimum atomic E-state index is -0.649. The monoisotopic (exact) mass is 258 g/mol. The Balaban J connectivity index is 1.94. The van der Waals surface area contributed by atoms with Gasteiger partial charge in [0.1, 0.15) is 0 Å². The first-order chi connectivity index (χ1) is 9.16. The van der Waals surface area contributed by atoms with Crippen molar-refractivity contribution in [2.75, 3.05) is 6.54 Å². The van der Waals surface area contributed by atoms with Crippen LogP contribution in [0.2, 0.25) is 0 Å². The highest BCUT2D eigenvalue weighted by Gasteiger charge is 2.09. The number of nitrogens with zero attached hydrogens (tertiary/aromatic N) is 1. The topological polar surface area (TPSA) is 42.0 Å². The van der Waals surface area contributed by atoms with Gasteiger partial charge in [0.25, 0.3) is 5.91 Å². The van der Waals surface area contributed by atoms with E-state index in [1.54, 1.807) is 0 Å². The van der Waals surface area contributed by atoms with Crippen LogP contribution in [0.15, 0.2) is 48.7 Å². The molecule has 19 heavy (non-hydrogen) atoms. The molecule has 2 aromatic rings. The number of rotatable bonds is 4. The molecule has 0 bridgehead atoms. The molecule has 1 aromatic heterocycles. The lowest BCUT2D eigenvalue weighted by Crippen LogP contribution is -2.27. The second-order valence-corrected chi connectivity index (χ2v) is 4.39. The quantitative estimate of drug-likeness (QED) is 0.857. The zero-order valence-corrected chi connectivity index (χ0v) is 10.6. The summed E-state index contributed by atoms with van der Waals surface area (Å²) in [5.41, 5.74) is 1.44. The van der Waals surface area contributed by atoms with Crippen molar-refractivity contribution in [2.45, 2.75) is 12.8 Å². The van der Waals surface area contributed by atoms with E-state index in [-0.39, 0.29) is 17.4 Å². The number of nitrogens with one attached hydrogen (secondary N) is 1. The van der Waals surface area contributed by atoms with Crippen LogP contribution in [0.3, 0.4) is 0 Å². The third-order valence-electron chi connectivity index (χ3n) is 2.93. The maximum atomic E-state index is 12.9. The minimum Gasteiger partial charge on any atom is -0.351 e. The molecule has 0 aliphatic heterocycles. The molecule has 98 valence electrons. The van der Waals surface area contributed by atoms with E-state index in [4.69, 9.17) is 0 Å². The highest BCUT2D eigenvalue weighted by Crippen LogP contribution is 2.13. The van der Waals surface area contributed by atoms with Gasteiger partial charge in [-0.2, -0.15) is 4.39 Å². The molecule has 3 nitrogen and oxygen atoms in total. The molecule has 2 rings (SSSR count). The zero-order valence-electron chi connectivity index (χ0n) is 10.6. The Hall–Kier alpha value is -2.23. The van der Waals surface area contributed by atoms with Crippen molar-refractivity contribution in [1.29, 1.82) is 0 Å². The molecule has 1 amide bonds. The van der Waals surface area contributed by atoms with Gasteiger partial charge in [-0.15, -0.1) is 0 Å². The van der Waals surface area contributed by atoms with Crippen LogP contribution in [-0.4, -0.2) is 17.4 Å². The Bertz CT molecular complexity index is 557. The van der Waals surface area contributed by atoms with E-state index in [9.17, 15) is 9.18 Å². The second kappa shape index (κ2) is 6.09. The Labute approximate surface area is 111 Å². The van der Waals surface area contributed by atoms with E-state index < -0.39 is 5.95 Å². The Morgan fingerprint density at radius 1 is 1.32 bits per heavy atom. The fraction of sp³-hybridized carbons (Fsp3) is 0.200. The smallest absolute Gasteiger partial charge is 0.251 e. The lowest BCUT2D eigenvalue weighted by atomic mass is 10.0. The molecule has 1 unspecified atom stereocenters. The van der Waals surface area contributed by atoms with Crippen molar-refractivity contribution in [3.8, 4) is 0 Å². The van der Waals surface area contributed by atoms with Crippen molar-refractivity contribution in [3.05, 3.63) is 65.7 Å². The molecule has 0 fully saturated rings. The Morgan fingerprint density at radius 2 is 2.05 bits per heavy atom. The SMILES string of the molecule is CC(CNC(=O)c1ccnc(F)c1)c1ccccc1. The van der Waals surface area contributed by atoms with Crippen molar-refractivity contribution in [2.24, 2.45) is 0 Å². The van der Waals surface area contributed by atoms with Gasteiger partial charge < -0.3 is 5.32 Å². The molecule has 4 heteroatoms. The van der Waals surface area contributed by atoms with Crippen LogP contribution < -0.4 is 5.32 Å². The summed E-state index contributed by atoms with van der Waals surface area (Å²) in [7, 11) is 0. The highest BCUT2D eigenvalue weighted by atomic mass is 19.1. The van der Waals surface area contributed by atoms with Crippen LogP contribution in [-0.2, 0) is 0 Å². The molecule has 1 atom stereocenters. The number of amides is 1. The van der Waals surface area contributed by atoms with Crippen LogP contribution >= 0.6 is 0 Å². The van der Waals surface area contributed by atoms with Crippen LogP contribution in [0.5, 0.6) is 0 Å². The van der Waals surface area contributed by atoms with Gasteiger partial charge in [-0.25, -0.2) is 4.98 Å². The van der Waals surface area contributed by atoms with Gasteiger partial charge in [-0.05, 0) is 17.5 Å². The van der Waals surface area contributed by atoms with Gasteiger partial charge >= 0.3 is 0 Å². The molecule has 0 aliphatic rings. The normalized spacial score (nSPS) is 11.9. The largest absolute Gasteiger partial charge is 0.351 e. The summed E-state index contributed by atoms with van der Waals surface area (Å²) >= 11 is 0. The maximum absolute atomic E-state index is 12.9. The molecule has 0 spiro atoms. The number of hydrogen-bond acceptors (Lipinski definition) is 2. The van der Waals surface area contributed by atoms with Crippen LogP contribution in [0.1, 0.15) is 28.8 Å². The Kier molecular flexibility index (Phi) is 4.23. The van der Waals surface area contributed by atoms with Gasteiger partial charge in [0.15, 0.2) is 0 Å². The molecule has 0 saturated carbocycles. The van der Waals surface area contributed by atoms with Gasteiger partial charge in [-0.3, -0.25) is 4.79 Å². The molecule has 1 heterocycles. The molecule has 0 radical (unpaired) electrons. The van der Waals surface area contributed by atoms with Crippen molar-refractivity contribution in [1.82, 2.24) is 10.3 Å². The average Bonchev–Trinajstić information content (AvgIpc) is 2.45. The second-order valence-electron chi connectivity index (χ2n) is 4.39. The van der Waals surface area contributed by atoms with Gasteiger partial charge in [-0.1, -0.05) is 37.3 Å². The van der Waals surface area contributed by atoms with Gasteiger partial charge in [0.2, 0.25) is 5.95 Å². The van der Waals surface area contributed by atoms with E-state index in [0.717, 1.165) is 11.6 Å². The van der Waals surface area contributed by atoms with E-state index in [0.29, 0.717) is 6.54 Å². The number of carbonyl (C=O) groups is 1. The molecule has 1 aromatic carbocycles. The van der Waals surface area contributed by atoms with Gasteiger partial charge in [0, 0.05) is 24.4 Å². The molecule has 1 N–H and O–H groups in total. The van der Waals surface area contributed by atoms with E-state index >= 15 is 0 Å². The van der Waals surface area contributed by atoms with Crippen molar-refractivity contribution < 1.29 is 9.18 Å². The molecule has 0 aliphatic carbocycles. The summed E-state index contributed by atoms with van der Waals surface area (Å²) in [6, 6.07) is 12.5. The first-order valence-electron chi connectivity index (χ1n) is 6.11. The van der Waals surface area contributed by atoms with Crippen molar-refractivity contribution >= 4 is 5.91 Å². The van der Waals surface area contributed by atoms with Crippen LogP contribution in [0.4, 0.5) is 4.39 Å². The predicted molar refractivity (Wildman–Crippen MR) is 71.4 cm³/mol. The lowest BCUT2D eigenvalue weighted by Gasteiger charge is -2.13. The summed E-state index contributed by atoms with van der Waals surface area (Å²) in [4.78, 5) is 15.2.